The first-order valence-corrected chi connectivity index (χ1v) is 8.37. The standard InChI is InChI=1S/C19H23N3/c1-18-9-19(2)12-21(10-18)17(22(11-18)13-19)15-7-14-5-3-4-6-16(14)20-8-15/h3-8,17H,9-13H2,1-2H3. The predicted molar refractivity (Wildman–Crippen MR) is 88.5 cm³/mol. The monoisotopic (exact) mass is 293 g/mol. The summed E-state index contributed by atoms with van der Waals surface area (Å²) < 4.78 is 0. The molecule has 0 aliphatic carbocycles. The Morgan fingerprint density at radius 2 is 1.64 bits per heavy atom. The zero-order chi connectivity index (χ0) is 14.9. The van der Waals surface area contributed by atoms with Gasteiger partial charge in [-0.1, -0.05) is 32.0 Å². The number of aromatic nitrogens is 1. The molecule has 0 unspecified atom stereocenters. The van der Waals surface area contributed by atoms with Crippen molar-refractivity contribution in [2.24, 2.45) is 10.8 Å². The van der Waals surface area contributed by atoms with Gasteiger partial charge in [0.1, 0.15) is 0 Å². The Kier molecular flexibility index (Phi) is 2.42. The predicted octanol–water partition coefficient (Wildman–Crippen LogP) is 3.28. The first-order chi connectivity index (χ1) is 10.5. The largest absolute Gasteiger partial charge is 0.283 e. The molecule has 0 amide bonds. The summed E-state index contributed by atoms with van der Waals surface area (Å²) in [4.78, 5) is 10.1. The third-order valence-corrected chi connectivity index (χ3v) is 5.79. The molecule has 5 heterocycles. The summed E-state index contributed by atoms with van der Waals surface area (Å²) >= 11 is 0. The molecule has 22 heavy (non-hydrogen) atoms. The van der Waals surface area contributed by atoms with Gasteiger partial charge in [0.2, 0.25) is 0 Å². The van der Waals surface area contributed by atoms with Gasteiger partial charge >= 0.3 is 0 Å². The maximum Gasteiger partial charge on any atom is 0.0902 e. The topological polar surface area (TPSA) is 19.4 Å². The van der Waals surface area contributed by atoms with E-state index in [0.29, 0.717) is 17.0 Å². The second-order valence-electron chi connectivity index (χ2n) is 8.44. The Morgan fingerprint density at radius 3 is 2.32 bits per heavy atom. The van der Waals surface area contributed by atoms with Crippen molar-refractivity contribution in [3.05, 3.63) is 42.1 Å². The Hall–Kier alpha value is -1.45. The Balaban J connectivity index is 1.58. The number of pyridine rings is 1. The van der Waals surface area contributed by atoms with Crippen LogP contribution in [0.4, 0.5) is 0 Å². The van der Waals surface area contributed by atoms with Crippen molar-refractivity contribution < 1.29 is 0 Å². The van der Waals surface area contributed by atoms with Gasteiger partial charge in [-0.25, -0.2) is 0 Å². The molecule has 4 saturated heterocycles. The lowest BCUT2D eigenvalue weighted by atomic mass is 9.63. The highest BCUT2D eigenvalue weighted by Gasteiger charge is 2.56. The van der Waals surface area contributed by atoms with E-state index in [-0.39, 0.29) is 0 Å². The lowest BCUT2D eigenvalue weighted by molar-refractivity contribution is -0.194. The number of piperidine rings is 2. The van der Waals surface area contributed by atoms with Crippen LogP contribution in [0.5, 0.6) is 0 Å². The van der Waals surface area contributed by atoms with E-state index in [1.54, 1.807) is 0 Å². The molecule has 114 valence electrons. The van der Waals surface area contributed by atoms with Crippen LogP contribution in [-0.2, 0) is 0 Å². The second kappa shape index (κ2) is 4.09. The molecule has 1 aromatic carbocycles. The summed E-state index contributed by atoms with van der Waals surface area (Å²) in [5.41, 5.74) is 3.42. The molecule has 0 N–H and O–H groups in total. The number of benzene rings is 1. The van der Waals surface area contributed by atoms with E-state index in [9.17, 15) is 0 Å². The lowest BCUT2D eigenvalue weighted by Crippen LogP contribution is -2.70. The van der Waals surface area contributed by atoms with E-state index in [1.807, 2.05) is 0 Å². The molecule has 0 radical (unpaired) electrons. The fraction of sp³-hybridized carbons (Fsp3) is 0.526. The van der Waals surface area contributed by atoms with E-state index >= 15 is 0 Å². The number of hydrogen-bond donors (Lipinski definition) is 0. The van der Waals surface area contributed by atoms with Gasteiger partial charge in [0, 0.05) is 43.3 Å². The third-order valence-electron chi connectivity index (χ3n) is 5.79. The molecule has 0 saturated carbocycles. The summed E-state index contributed by atoms with van der Waals surface area (Å²) in [6.07, 6.45) is 3.91. The molecule has 6 rings (SSSR count). The Labute approximate surface area is 131 Å². The maximum absolute atomic E-state index is 4.70. The molecule has 4 fully saturated rings. The number of rotatable bonds is 1. The minimum Gasteiger partial charge on any atom is -0.283 e. The minimum atomic E-state index is 0.429. The minimum absolute atomic E-state index is 0.429. The summed E-state index contributed by atoms with van der Waals surface area (Å²) in [6.45, 7) is 9.87. The molecule has 2 aromatic rings. The van der Waals surface area contributed by atoms with Gasteiger partial charge in [0.15, 0.2) is 0 Å². The average molecular weight is 293 g/mol. The van der Waals surface area contributed by atoms with E-state index in [0.717, 1.165) is 5.52 Å². The van der Waals surface area contributed by atoms with Crippen molar-refractivity contribution in [2.75, 3.05) is 26.2 Å². The Bertz CT molecular complexity index is 717. The maximum atomic E-state index is 4.70. The van der Waals surface area contributed by atoms with Gasteiger partial charge in [-0.3, -0.25) is 14.8 Å². The van der Waals surface area contributed by atoms with Gasteiger partial charge in [0.25, 0.3) is 0 Å². The van der Waals surface area contributed by atoms with Crippen molar-refractivity contribution in [3.63, 3.8) is 0 Å². The van der Waals surface area contributed by atoms with Crippen LogP contribution in [0, 0.1) is 10.8 Å². The third kappa shape index (κ3) is 1.79. The van der Waals surface area contributed by atoms with Crippen molar-refractivity contribution in [1.82, 2.24) is 14.8 Å². The molecule has 0 atom stereocenters. The molecule has 1 aromatic heterocycles. The van der Waals surface area contributed by atoms with Gasteiger partial charge in [0.05, 0.1) is 11.7 Å². The van der Waals surface area contributed by atoms with Crippen molar-refractivity contribution in [3.8, 4) is 0 Å². The van der Waals surface area contributed by atoms with Gasteiger partial charge in [-0.15, -0.1) is 0 Å². The highest BCUT2D eigenvalue weighted by atomic mass is 15.4. The van der Waals surface area contributed by atoms with Crippen LogP contribution in [0.15, 0.2) is 36.5 Å². The van der Waals surface area contributed by atoms with Crippen LogP contribution < -0.4 is 0 Å². The van der Waals surface area contributed by atoms with Crippen molar-refractivity contribution >= 4 is 10.9 Å². The molecule has 3 heteroatoms. The lowest BCUT2D eigenvalue weighted by Gasteiger charge is -2.66. The SMILES string of the molecule is CC12CN3CC(C)(CN(C1)C3c1cnc3ccccc3c1)C2. The zero-order valence-electron chi connectivity index (χ0n) is 13.4. The summed E-state index contributed by atoms with van der Waals surface area (Å²) in [5, 5.41) is 1.26. The van der Waals surface area contributed by atoms with Crippen LogP contribution in [0.1, 0.15) is 32.0 Å². The highest BCUT2D eigenvalue weighted by Crippen LogP contribution is 2.54. The molecule has 4 bridgehead atoms. The quantitative estimate of drug-likeness (QED) is 0.804. The van der Waals surface area contributed by atoms with Crippen LogP contribution >= 0.6 is 0 Å². The van der Waals surface area contributed by atoms with Crippen molar-refractivity contribution in [2.45, 2.75) is 26.4 Å². The molecular formula is C19H23N3. The molecule has 4 aliphatic heterocycles. The molecular weight excluding hydrogens is 270 g/mol. The number of fused-ring (bicyclic) bond motifs is 1. The molecule has 3 nitrogen and oxygen atoms in total. The first-order valence-electron chi connectivity index (χ1n) is 8.37. The van der Waals surface area contributed by atoms with Gasteiger partial charge < -0.3 is 0 Å². The normalized spacial score (nSPS) is 42.9. The number of hydrogen-bond acceptors (Lipinski definition) is 3. The first kappa shape index (κ1) is 13.0. The molecule has 0 spiro atoms. The summed E-state index contributed by atoms with van der Waals surface area (Å²) in [5.74, 6) is 0. The smallest absolute Gasteiger partial charge is 0.0902 e. The van der Waals surface area contributed by atoms with Crippen LogP contribution in [0.3, 0.4) is 0 Å². The zero-order valence-corrected chi connectivity index (χ0v) is 13.4. The van der Waals surface area contributed by atoms with Gasteiger partial charge in [-0.05, 0) is 29.4 Å². The summed E-state index contributed by atoms with van der Waals surface area (Å²) in [7, 11) is 0. The highest BCUT2D eigenvalue weighted by molar-refractivity contribution is 5.78. The average Bonchev–Trinajstić information content (AvgIpc) is 2.43. The Morgan fingerprint density at radius 1 is 1.00 bits per heavy atom. The number of nitrogens with zero attached hydrogens (tertiary/aromatic N) is 3. The van der Waals surface area contributed by atoms with Crippen molar-refractivity contribution in [1.29, 1.82) is 0 Å². The van der Waals surface area contributed by atoms with E-state index in [2.05, 4.69) is 60.2 Å². The van der Waals surface area contributed by atoms with Crippen LogP contribution in [-0.4, -0.2) is 41.0 Å². The second-order valence-corrected chi connectivity index (χ2v) is 8.44. The summed E-state index contributed by atoms with van der Waals surface area (Å²) in [6, 6.07) is 10.8. The number of para-hydroxylation sites is 1. The fourth-order valence-electron chi connectivity index (χ4n) is 5.65. The van der Waals surface area contributed by atoms with Gasteiger partial charge in [-0.2, -0.15) is 0 Å². The fourth-order valence-corrected chi connectivity index (χ4v) is 5.65. The van der Waals surface area contributed by atoms with Crippen LogP contribution in [0.25, 0.3) is 10.9 Å². The van der Waals surface area contributed by atoms with Crippen LogP contribution in [0.2, 0.25) is 0 Å². The molecule has 4 aliphatic rings. The van der Waals surface area contributed by atoms with E-state index in [1.165, 1.54) is 43.5 Å². The van der Waals surface area contributed by atoms with E-state index in [4.69, 9.17) is 4.98 Å². The van der Waals surface area contributed by atoms with E-state index < -0.39 is 0 Å².